The summed E-state index contributed by atoms with van der Waals surface area (Å²) in [6.07, 6.45) is 0. The molecule has 5 heteroatoms. The fourth-order valence-electron chi connectivity index (χ4n) is 1.38. The Morgan fingerprint density at radius 1 is 1.20 bits per heavy atom. The first-order chi connectivity index (χ1) is 7.11. The number of nitrogens with zero attached hydrogens (tertiary/aromatic N) is 2. The summed E-state index contributed by atoms with van der Waals surface area (Å²) in [5.41, 5.74) is 1.81. The molecule has 0 aromatic carbocycles. The van der Waals surface area contributed by atoms with Crippen molar-refractivity contribution in [3.63, 3.8) is 0 Å². The van der Waals surface area contributed by atoms with Crippen LogP contribution in [0.5, 0.6) is 0 Å². The Morgan fingerprint density at radius 2 is 1.93 bits per heavy atom. The van der Waals surface area contributed by atoms with Gasteiger partial charge < -0.3 is 4.42 Å². The summed E-state index contributed by atoms with van der Waals surface area (Å²) in [4.78, 5) is 9.68. The summed E-state index contributed by atoms with van der Waals surface area (Å²) < 4.78 is 5.57. The molecular weight excluding hydrogens is 232 g/mol. The van der Waals surface area contributed by atoms with E-state index in [-0.39, 0.29) is 0 Å². The molecule has 0 radical (unpaired) electrons. The van der Waals surface area contributed by atoms with E-state index in [0.717, 1.165) is 27.0 Å². The van der Waals surface area contributed by atoms with Crippen LogP contribution >= 0.6 is 22.9 Å². The zero-order valence-electron chi connectivity index (χ0n) is 8.80. The smallest absolute Gasteiger partial charge is 0.238 e. The van der Waals surface area contributed by atoms with Crippen molar-refractivity contribution in [2.24, 2.45) is 0 Å². The minimum absolute atomic E-state index is 0.357. The van der Waals surface area contributed by atoms with Crippen LogP contribution in [0.3, 0.4) is 0 Å². The van der Waals surface area contributed by atoms with Crippen LogP contribution in [0.2, 0.25) is 0 Å². The monoisotopic (exact) mass is 242 g/mol. The molecule has 0 aliphatic heterocycles. The Balaban J connectivity index is 2.49. The Kier molecular flexibility index (Phi) is 2.80. The van der Waals surface area contributed by atoms with E-state index in [9.17, 15) is 0 Å². The molecule has 0 bridgehead atoms. The molecule has 80 valence electrons. The lowest BCUT2D eigenvalue weighted by Crippen LogP contribution is -1.78. The maximum absolute atomic E-state index is 5.73. The minimum atomic E-state index is 0.357. The highest BCUT2D eigenvalue weighted by atomic mass is 35.5. The van der Waals surface area contributed by atoms with Crippen molar-refractivity contribution in [2.45, 2.75) is 26.7 Å². The zero-order chi connectivity index (χ0) is 11.0. The van der Waals surface area contributed by atoms with E-state index in [1.165, 1.54) is 0 Å². The van der Waals surface area contributed by atoms with Crippen LogP contribution < -0.4 is 0 Å². The Hall–Kier alpha value is -0.870. The van der Waals surface area contributed by atoms with Crippen molar-refractivity contribution in [3.05, 3.63) is 22.2 Å². The number of aromatic nitrogens is 2. The topological polar surface area (TPSA) is 38.9 Å². The Bertz CT molecular complexity index is 490. The lowest BCUT2D eigenvalue weighted by molar-refractivity contribution is 0.536. The molecule has 0 aliphatic carbocycles. The standard InChI is InChI=1S/C10H11ClN2OS/c1-5-8(4-11)14-10(13-5)9-6(2)12-7(3)15-9/h4H2,1-3H3. The van der Waals surface area contributed by atoms with Crippen LogP contribution in [0.25, 0.3) is 10.8 Å². The SMILES string of the molecule is Cc1nc(C)c(-c2nc(C)c(CCl)o2)s1. The lowest BCUT2D eigenvalue weighted by Gasteiger charge is -1.89. The second-order valence-electron chi connectivity index (χ2n) is 3.31. The summed E-state index contributed by atoms with van der Waals surface area (Å²) in [5.74, 6) is 1.72. The second-order valence-corrected chi connectivity index (χ2v) is 4.78. The van der Waals surface area contributed by atoms with Crippen LogP contribution in [0.15, 0.2) is 4.42 Å². The molecule has 15 heavy (non-hydrogen) atoms. The van der Waals surface area contributed by atoms with Gasteiger partial charge in [-0.15, -0.1) is 22.9 Å². The number of oxazole rings is 1. The molecule has 2 aromatic heterocycles. The number of hydrogen-bond acceptors (Lipinski definition) is 4. The van der Waals surface area contributed by atoms with Crippen LogP contribution in [-0.2, 0) is 5.88 Å². The molecule has 0 fully saturated rings. The van der Waals surface area contributed by atoms with E-state index in [1.54, 1.807) is 11.3 Å². The quantitative estimate of drug-likeness (QED) is 0.757. The number of rotatable bonds is 2. The normalized spacial score (nSPS) is 10.9. The molecule has 0 atom stereocenters. The van der Waals surface area contributed by atoms with E-state index in [1.807, 2.05) is 20.8 Å². The minimum Gasteiger partial charge on any atom is -0.439 e. The Labute approximate surface area is 97.1 Å². The zero-order valence-corrected chi connectivity index (χ0v) is 10.4. The Morgan fingerprint density at radius 3 is 2.40 bits per heavy atom. The maximum atomic E-state index is 5.73. The highest BCUT2D eigenvalue weighted by Gasteiger charge is 2.15. The first-order valence-corrected chi connectivity index (χ1v) is 5.93. The van der Waals surface area contributed by atoms with Gasteiger partial charge in [-0.3, -0.25) is 0 Å². The number of halogens is 1. The summed E-state index contributed by atoms with van der Waals surface area (Å²) in [6.45, 7) is 5.83. The predicted molar refractivity (Wildman–Crippen MR) is 61.4 cm³/mol. The predicted octanol–water partition coefficient (Wildman–Crippen LogP) is 3.46. The van der Waals surface area contributed by atoms with Gasteiger partial charge in [0.15, 0.2) is 0 Å². The van der Waals surface area contributed by atoms with E-state index < -0.39 is 0 Å². The third-order valence-corrected chi connectivity index (χ3v) is 3.42. The van der Waals surface area contributed by atoms with Crippen molar-refractivity contribution in [2.75, 3.05) is 0 Å². The highest BCUT2D eigenvalue weighted by Crippen LogP contribution is 2.30. The largest absolute Gasteiger partial charge is 0.439 e. The molecule has 0 aliphatic rings. The molecule has 3 nitrogen and oxygen atoms in total. The number of aryl methyl sites for hydroxylation is 3. The van der Waals surface area contributed by atoms with Crippen molar-refractivity contribution in [1.82, 2.24) is 9.97 Å². The van der Waals surface area contributed by atoms with Crippen molar-refractivity contribution in [3.8, 4) is 10.8 Å². The molecule has 0 N–H and O–H groups in total. The summed E-state index contributed by atoms with van der Waals surface area (Å²) in [5, 5.41) is 1.02. The van der Waals surface area contributed by atoms with Crippen molar-refractivity contribution < 1.29 is 4.42 Å². The molecule has 0 saturated heterocycles. The van der Waals surface area contributed by atoms with Gasteiger partial charge in [0.1, 0.15) is 10.6 Å². The van der Waals surface area contributed by atoms with Gasteiger partial charge in [0, 0.05) is 0 Å². The van der Waals surface area contributed by atoms with Gasteiger partial charge in [0.25, 0.3) is 0 Å². The van der Waals surface area contributed by atoms with Gasteiger partial charge in [0.2, 0.25) is 5.89 Å². The molecule has 0 unspecified atom stereocenters. The highest BCUT2D eigenvalue weighted by molar-refractivity contribution is 7.15. The van der Waals surface area contributed by atoms with Crippen LogP contribution in [-0.4, -0.2) is 9.97 Å². The maximum Gasteiger partial charge on any atom is 0.238 e. The fourth-order valence-corrected chi connectivity index (χ4v) is 2.47. The van der Waals surface area contributed by atoms with Gasteiger partial charge in [-0.25, -0.2) is 9.97 Å². The molecule has 2 heterocycles. The van der Waals surface area contributed by atoms with E-state index in [2.05, 4.69) is 9.97 Å². The third-order valence-electron chi connectivity index (χ3n) is 2.11. The first-order valence-electron chi connectivity index (χ1n) is 4.58. The van der Waals surface area contributed by atoms with Gasteiger partial charge in [0.05, 0.1) is 22.3 Å². The van der Waals surface area contributed by atoms with Crippen molar-refractivity contribution >= 4 is 22.9 Å². The molecule has 2 rings (SSSR count). The van der Waals surface area contributed by atoms with Gasteiger partial charge >= 0.3 is 0 Å². The molecular formula is C10H11ClN2OS. The lowest BCUT2D eigenvalue weighted by atomic mass is 10.4. The van der Waals surface area contributed by atoms with Crippen LogP contribution in [0.4, 0.5) is 0 Å². The molecule has 0 saturated carbocycles. The number of alkyl halides is 1. The summed E-state index contributed by atoms with van der Waals surface area (Å²) in [6, 6.07) is 0. The number of thiazole rings is 1. The molecule has 2 aromatic rings. The van der Waals surface area contributed by atoms with Crippen LogP contribution in [0.1, 0.15) is 22.2 Å². The average molecular weight is 243 g/mol. The van der Waals surface area contributed by atoms with E-state index >= 15 is 0 Å². The van der Waals surface area contributed by atoms with Gasteiger partial charge in [-0.1, -0.05) is 0 Å². The summed E-state index contributed by atoms with van der Waals surface area (Å²) >= 11 is 7.32. The van der Waals surface area contributed by atoms with E-state index in [0.29, 0.717) is 11.8 Å². The van der Waals surface area contributed by atoms with Crippen molar-refractivity contribution in [1.29, 1.82) is 0 Å². The number of hydrogen-bond donors (Lipinski definition) is 0. The fraction of sp³-hybridized carbons (Fsp3) is 0.400. The molecule has 0 spiro atoms. The van der Waals surface area contributed by atoms with Crippen LogP contribution in [0, 0.1) is 20.8 Å². The van der Waals surface area contributed by atoms with E-state index in [4.69, 9.17) is 16.0 Å². The second kappa shape index (κ2) is 3.94. The van der Waals surface area contributed by atoms with Gasteiger partial charge in [-0.2, -0.15) is 0 Å². The third kappa shape index (κ3) is 1.92. The average Bonchev–Trinajstić information content (AvgIpc) is 2.69. The summed E-state index contributed by atoms with van der Waals surface area (Å²) in [7, 11) is 0. The first kappa shape index (κ1) is 10.6. The molecule has 0 amide bonds. The van der Waals surface area contributed by atoms with Gasteiger partial charge in [-0.05, 0) is 20.8 Å².